The van der Waals surface area contributed by atoms with E-state index < -0.39 is 0 Å². The first kappa shape index (κ1) is 16.8. The van der Waals surface area contributed by atoms with Crippen molar-refractivity contribution in [3.8, 4) is 0 Å². The fourth-order valence-corrected chi connectivity index (χ4v) is 4.12. The Balaban J connectivity index is 1.39. The van der Waals surface area contributed by atoms with Gasteiger partial charge in [0.05, 0.1) is 27.1 Å². The molecule has 0 spiro atoms. The van der Waals surface area contributed by atoms with Crippen LogP contribution in [0.1, 0.15) is 10.6 Å². The van der Waals surface area contributed by atoms with Gasteiger partial charge in [0.15, 0.2) is 0 Å². The van der Waals surface area contributed by atoms with Crippen molar-refractivity contribution >= 4 is 39.0 Å². The molecule has 4 rings (SSSR count). The summed E-state index contributed by atoms with van der Waals surface area (Å²) in [5.41, 5.74) is 4.16. The average molecular weight is 367 g/mol. The molecule has 1 saturated heterocycles. The Hall–Kier alpha value is -2.67. The van der Waals surface area contributed by atoms with Gasteiger partial charge < -0.3 is 15.1 Å². The van der Waals surface area contributed by atoms with Crippen LogP contribution in [0.4, 0.5) is 16.2 Å². The minimum atomic E-state index is -0.0480. The van der Waals surface area contributed by atoms with Gasteiger partial charge >= 0.3 is 6.03 Å². The molecule has 2 aromatic heterocycles. The lowest BCUT2D eigenvalue weighted by atomic mass is 10.2. The van der Waals surface area contributed by atoms with E-state index in [0.29, 0.717) is 13.1 Å². The van der Waals surface area contributed by atoms with Gasteiger partial charge in [0.1, 0.15) is 0 Å². The fourth-order valence-electron chi connectivity index (χ4n) is 3.26. The molecule has 0 radical (unpaired) electrons. The number of nitrogens with one attached hydrogen (secondary N) is 1. The minimum Gasteiger partial charge on any atom is -0.367 e. The lowest BCUT2D eigenvalue weighted by molar-refractivity contribution is 0.208. The van der Waals surface area contributed by atoms with Crippen LogP contribution in [0, 0.1) is 13.8 Å². The van der Waals surface area contributed by atoms with Crippen LogP contribution in [0.25, 0.3) is 10.2 Å². The SMILES string of the molecule is Cc1nc2ccc(NC(=O)N3CCN(c4cnccc4C)CC3)cc2s1. The van der Waals surface area contributed by atoms with Crippen LogP contribution in [-0.2, 0) is 0 Å². The number of anilines is 2. The van der Waals surface area contributed by atoms with Crippen LogP contribution in [0.5, 0.6) is 0 Å². The number of amides is 2. The number of hydrogen-bond donors (Lipinski definition) is 1. The van der Waals surface area contributed by atoms with Gasteiger partial charge in [-0.2, -0.15) is 0 Å². The van der Waals surface area contributed by atoms with E-state index in [0.717, 1.165) is 39.7 Å². The molecule has 26 heavy (non-hydrogen) atoms. The Morgan fingerprint density at radius 3 is 2.73 bits per heavy atom. The van der Waals surface area contributed by atoms with Crippen molar-refractivity contribution in [2.75, 3.05) is 36.4 Å². The molecular formula is C19H21N5OS. The predicted octanol–water partition coefficient (Wildman–Crippen LogP) is 3.66. The van der Waals surface area contributed by atoms with Crippen molar-refractivity contribution in [3.05, 3.63) is 47.2 Å². The van der Waals surface area contributed by atoms with E-state index in [2.05, 4.69) is 27.1 Å². The van der Waals surface area contributed by atoms with E-state index in [1.807, 2.05) is 48.5 Å². The van der Waals surface area contributed by atoms with Crippen LogP contribution in [0.15, 0.2) is 36.7 Å². The van der Waals surface area contributed by atoms with E-state index in [-0.39, 0.29) is 6.03 Å². The van der Waals surface area contributed by atoms with Gasteiger partial charge in [0.25, 0.3) is 0 Å². The van der Waals surface area contributed by atoms with Gasteiger partial charge in [-0.05, 0) is 43.7 Å². The number of aryl methyl sites for hydroxylation is 2. The highest BCUT2D eigenvalue weighted by Crippen LogP contribution is 2.25. The third-order valence-electron chi connectivity index (χ3n) is 4.67. The first-order chi connectivity index (χ1) is 12.6. The number of piperazine rings is 1. The van der Waals surface area contributed by atoms with Crippen LogP contribution in [0.2, 0.25) is 0 Å². The predicted molar refractivity (Wildman–Crippen MR) is 106 cm³/mol. The van der Waals surface area contributed by atoms with Crippen molar-refractivity contribution in [1.82, 2.24) is 14.9 Å². The Labute approximate surface area is 156 Å². The number of rotatable bonds is 2. The third-order valence-corrected chi connectivity index (χ3v) is 5.60. The van der Waals surface area contributed by atoms with Crippen molar-refractivity contribution in [1.29, 1.82) is 0 Å². The monoisotopic (exact) mass is 367 g/mol. The first-order valence-corrected chi connectivity index (χ1v) is 9.50. The number of nitrogens with zero attached hydrogens (tertiary/aromatic N) is 4. The maximum Gasteiger partial charge on any atom is 0.321 e. The van der Waals surface area contributed by atoms with Gasteiger partial charge in [-0.3, -0.25) is 4.98 Å². The number of fused-ring (bicyclic) bond motifs is 1. The Morgan fingerprint density at radius 1 is 1.15 bits per heavy atom. The molecule has 0 atom stereocenters. The summed E-state index contributed by atoms with van der Waals surface area (Å²) in [6.45, 7) is 7.10. The molecule has 3 heterocycles. The molecule has 1 aliphatic heterocycles. The van der Waals surface area contributed by atoms with Crippen LogP contribution >= 0.6 is 11.3 Å². The molecule has 1 fully saturated rings. The molecule has 2 amide bonds. The summed E-state index contributed by atoms with van der Waals surface area (Å²) in [7, 11) is 0. The molecular weight excluding hydrogens is 346 g/mol. The lowest BCUT2D eigenvalue weighted by Crippen LogP contribution is -2.50. The number of carbonyl (C=O) groups excluding carboxylic acids is 1. The summed E-state index contributed by atoms with van der Waals surface area (Å²) in [6.07, 6.45) is 3.71. The highest BCUT2D eigenvalue weighted by atomic mass is 32.1. The van der Waals surface area contributed by atoms with E-state index in [4.69, 9.17) is 0 Å². The van der Waals surface area contributed by atoms with Crippen LogP contribution in [-0.4, -0.2) is 47.1 Å². The topological polar surface area (TPSA) is 61.4 Å². The Kier molecular flexibility index (Phi) is 4.46. The van der Waals surface area contributed by atoms with Crippen molar-refractivity contribution < 1.29 is 4.79 Å². The number of hydrogen-bond acceptors (Lipinski definition) is 5. The number of aromatic nitrogens is 2. The summed E-state index contributed by atoms with van der Waals surface area (Å²) in [5.74, 6) is 0. The maximum absolute atomic E-state index is 12.6. The zero-order chi connectivity index (χ0) is 18.1. The number of pyridine rings is 1. The lowest BCUT2D eigenvalue weighted by Gasteiger charge is -2.36. The standard InChI is InChI=1S/C19H21N5OS/c1-13-5-6-20-12-17(13)23-7-9-24(10-8-23)19(25)22-15-3-4-16-18(11-15)26-14(2)21-16/h3-6,11-12H,7-10H2,1-2H3,(H,22,25). The van der Waals surface area contributed by atoms with Crippen molar-refractivity contribution in [3.63, 3.8) is 0 Å². The van der Waals surface area contributed by atoms with Gasteiger partial charge in [-0.25, -0.2) is 9.78 Å². The largest absolute Gasteiger partial charge is 0.367 e. The number of thiazole rings is 1. The number of carbonyl (C=O) groups is 1. The van der Waals surface area contributed by atoms with E-state index >= 15 is 0 Å². The summed E-state index contributed by atoms with van der Waals surface area (Å²) < 4.78 is 1.09. The molecule has 1 aromatic carbocycles. The molecule has 1 aliphatic rings. The van der Waals surface area contributed by atoms with Crippen molar-refractivity contribution in [2.24, 2.45) is 0 Å². The molecule has 134 valence electrons. The second kappa shape index (κ2) is 6.92. The quantitative estimate of drug-likeness (QED) is 0.751. The Bertz CT molecular complexity index is 946. The molecule has 0 saturated carbocycles. The molecule has 0 unspecified atom stereocenters. The maximum atomic E-state index is 12.6. The third kappa shape index (κ3) is 3.35. The first-order valence-electron chi connectivity index (χ1n) is 8.69. The smallest absolute Gasteiger partial charge is 0.321 e. The number of benzene rings is 1. The fraction of sp³-hybridized carbons (Fsp3) is 0.316. The van der Waals surface area contributed by atoms with Gasteiger partial charge in [-0.15, -0.1) is 11.3 Å². The molecule has 6 nitrogen and oxygen atoms in total. The van der Waals surface area contributed by atoms with Crippen LogP contribution in [0.3, 0.4) is 0 Å². The van der Waals surface area contributed by atoms with E-state index in [1.165, 1.54) is 5.56 Å². The minimum absolute atomic E-state index is 0.0480. The average Bonchev–Trinajstić information content (AvgIpc) is 3.01. The van der Waals surface area contributed by atoms with E-state index in [9.17, 15) is 4.79 Å². The molecule has 0 bridgehead atoms. The second-order valence-corrected chi connectivity index (χ2v) is 7.72. The summed E-state index contributed by atoms with van der Waals surface area (Å²) in [4.78, 5) is 25.4. The molecule has 3 aromatic rings. The summed E-state index contributed by atoms with van der Waals surface area (Å²) >= 11 is 1.64. The van der Waals surface area contributed by atoms with Gasteiger partial charge in [-0.1, -0.05) is 0 Å². The van der Waals surface area contributed by atoms with E-state index in [1.54, 1.807) is 11.3 Å². The zero-order valence-corrected chi connectivity index (χ0v) is 15.7. The Morgan fingerprint density at radius 2 is 1.96 bits per heavy atom. The highest BCUT2D eigenvalue weighted by Gasteiger charge is 2.22. The summed E-state index contributed by atoms with van der Waals surface area (Å²) in [6, 6.07) is 7.83. The van der Waals surface area contributed by atoms with Gasteiger partial charge in [0.2, 0.25) is 0 Å². The second-order valence-electron chi connectivity index (χ2n) is 6.48. The highest BCUT2D eigenvalue weighted by molar-refractivity contribution is 7.18. The van der Waals surface area contributed by atoms with Crippen LogP contribution < -0.4 is 10.2 Å². The summed E-state index contributed by atoms with van der Waals surface area (Å²) in [5, 5.41) is 4.05. The van der Waals surface area contributed by atoms with Crippen molar-refractivity contribution in [2.45, 2.75) is 13.8 Å². The molecule has 0 aliphatic carbocycles. The zero-order valence-electron chi connectivity index (χ0n) is 14.9. The normalized spacial score (nSPS) is 14.7. The molecule has 1 N–H and O–H groups in total. The molecule has 7 heteroatoms. The van der Waals surface area contributed by atoms with Gasteiger partial charge in [0, 0.05) is 38.1 Å². The number of urea groups is 1.